The van der Waals surface area contributed by atoms with Gasteiger partial charge in [0.05, 0.1) is 29.0 Å². The van der Waals surface area contributed by atoms with Crippen LogP contribution in [0.15, 0.2) is 51.0 Å². The largest absolute Gasteiger partial charge is 0.467 e. The van der Waals surface area contributed by atoms with E-state index in [2.05, 4.69) is 13.8 Å². The second kappa shape index (κ2) is 9.09. The average Bonchev–Trinajstić information content (AvgIpc) is 3.22. The summed E-state index contributed by atoms with van der Waals surface area (Å²) in [6.07, 6.45) is 2.72. The maximum Gasteiger partial charge on any atom is 0.262 e. The van der Waals surface area contributed by atoms with Crippen molar-refractivity contribution < 1.29 is 9.21 Å². The number of benzene rings is 1. The number of likely N-dealkylation sites (tertiary alicyclic amines) is 1. The third-order valence-corrected chi connectivity index (χ3v) is 6.90. The van der Waals surface area contributed by atoms with Gasteiger partial charge in [0.2, 0.25) is 5.91 Å². The number of furan rings is 1. The molecule has 164 valence electrons. The van der Waals surface area contributed by atoms with E-state index in [1.807, 2.05) is 17.9 Å². The summed E-state index contributed by atoms with van der Waals surface area (Å²) < 4.78 is 7.03. The summed E-state index contributed by atoms with van der Waals surface area (Å²) in [5, 5.41) is 1.11. The fourth-order valence-corrected chi connectivity index (χ4v) is 5.43. The van der Waals surface area contributed by atoms with Gasteiger partial charge < -0.3 is 9.32 Å². The third kappa shape index (κ3) is 4.83. The van der Waals surface area contributed by atoms with E-state index in [1.54, 1.807) is 35.1 Å². The number of fused-ring (bicyclic) bond motifs is 1. The number of piperidine rings is 1. The quantitative estimate of drug-likeness (QED) is 0.409. The summed E-state index contributed by atoms with van der Waals surface area (Å²) in [5.74, 6) is 1.70. The summed E-state index contributed by atoms with van der Waals surface area (Å²) >= 11 is 7.44. The number of aromatic nitrogens is 2. The van der Waals surface area contributed by atoms with Crippen LogP contribution in [-0.4, -0.2) is 38.7 Å². The van der Waals surface area contributed by atoms with Gasteiger partial charge >= 0.3 is 0 Å². The molecule has 4 rings (SSSR count). The summed E-state index contributed by atoms with van der Waals surface area (Å²) in [5.41, 5.74) is 0.344. The molecule has 3 atom stereocenters. The number of amides is 1. The molecule has 1 aliphatic heterocycles. The van der Waals surface area contributed by atoms with E-state index in [1.165, 1.54) is 11.8 Å². The number of halogens is 1. The lowest BCUT2D eigenvalue weighted by atomic mass is 9.92. The number of carbonyl (C=O) groups is 1. The second-order valence-electron chi connectivity index (χ2n) is 8.48. The Balaban J connectivity index is 1.68. The van der Waals surface area contributed by atoms with Crippen LogP contribution < -0.4 is 5.56 Å². The van der Waals surface area contributed by atoms with Gasteiger partial charge in [0.15, 0.2) is 5.16 Å². The first-order valence-corrected chi connectivity index (χ1v) is 11.8. The predicted octanol–water partition coefficient (Wildman–Crippen LogP) is 4.68. The average molecular weight is 460 g/mol. The van der Waals surface area contributed by atoms with Crippen LogP contribution in [0.5, 0.6) is 0 Å². The van der Waals surface area contributed by atoms with Crippen molar-refractivity contribution in [2.45, 2.75) is 44.1 Å². The van der Waals surface area contributed by atoms with E-state index >= 15 is 0 Å². The molecular formula is C23H26ClN3O3S. The summed E-state index contributed by atoms with van der Waals surface area (Å²) in [6.45, 7) is 8.04. The summed E-state index contributed by atoms with van der Waals surface area (Å²) in [7, 11) is 0. The number of rotatable bonds is 5. The molecule has 3 aromatic rings. The molecule has 3 heterocycles. The molecule has 0 N–H and O–H groups in total. The van der Waals surface area contributed by atoms with Gasteiger partial charge in [0.1, 0.15) is 5.76 Å². The predicted molar refractivity (Wildman–Crippen MR) is 124 cm³/mol. The summed E-state index contributed by atoms with van der Waals surface area (Å²) in [6, 6.07) is 8.65. The van der Waals surface area contributed by atoms with Crippen molar-refractivity contribution in [3.8, 4) is 0 Å². The van der Waals surface area contributed by atoms with Gasteiger partial charge in [-0.25, -0.2) is 4.98 Å². The smallest absolute Gasteiger partial charge is 0.262 e. The highest BCUT2D eigenvalue weighted by Gasteiger charge is 2.29. The Morgan fingerprint density at radius 2 is 2.03 bits per heavy atom. The van der Waals surface area contributed by atoms with E-state index in [0.29, 0.717) is 38.7 Å². The highest BCUT2D eigenvalue weighted by Crippen LogP contribution is 2.28. The Hall–Kier alpha value is -2.25. The normalized spacial score (nSPS) is 20.2. The molecule has 8 heteroatoms. The molecule has 2 aromatic heterocycles. The van der Waals surface area contributed by atoms with Crippen LogP contribution in [0.4, 0.5) is 0 Å². The van der Waals surface area contributed by atoms with Gasteiger partial charge in [0.25, 0.3) is 5.56 Å². The fraction of sp³-hybridized carbons (Fsp3) is 0.435. The van der Waals surface area contributed by atoms with Gasteiger partial charge in [0, 0.05) is 18.1 Å². The zero-order valence-electron chi connectivity index (χ0n) is 17.9. The minimum absolute atomic E-state index is 0.0772. The van der Waals surface area contributed by atoms with E-state index in [9.17, 15) is 9.59 Å². The van der Waals surface area contributed by atoms with Gasteiger partial charge in [-0.15, -0.1) is 0 Å². The molecule has 3 unspecified atom stereocenters. The lowest BCUT2D eigenvalue weighted by molar-refractivity contribution is -0.132. The van der Waals surface area contributed by atoms with Crippen LogP contribution in [0.25, 0.3) is 10.9 Å². The van der Waals surface area contributed by atoms with Crippen molar-refractivity contribution in [2.24, 2.45) is 11.8 Å². The van der Waals surface area contributed by atoms with Crippen LogP contribution in [0, 0.1) is 11.8 Å². The molecule has 1 fully saturated rings. The van der Waals surface area contributed by atoms with Gasteiger partial charge in [-0.2, -0.15) is 0 Å². The minimum Gasteiger partial charge on any atom is -0.467 e. The number of nitrogens with zero attached hydrogens (tertiary/aromatic N) is 3. The van der Waals surface area contributed by atoms with Crippen molar-refractivity contribution >= 4 is 40.2 Å². The highest BCUT2D eigenvalue weighted by atomic mass is 35.5. The third-order valence-electron chi connectivity index (χ3n) is 5.59. The monoisotopic (exact) mass is 459 g/mol. The Bertz CT molecular complexity index is 1130. The van der Waals surface area contributed by atoms with Crippen LogP contribution >= 0.6 is 23.4 Å². The molecule has 1 amide bonds. The Morgan fingerprint density at radius 3 is 2.71 bits per heavy atom. The lowest BCUT2D eigenvalue weighted by Gasteiger charge is -2.36. The van der Waals surface area contributed by atoms with Crippen LogP contribution in [0.1, 0.15) is 33.0 Å². The zero-order valence-corrected chi connectivity index (χ0v) is 19.4. The first-order chi connectivity index (χ1) is 14.8. The van der Waals surface area contributed by atoms with E-state index < -0.39 is 0 Å². The number of hydrogen-bond acceptors (Lipinski definition) is 5. The Kier molecular flexibility index (Phi) is 6.44. The molecule has 31 heavy (non-hydrogen) atoms. The topological polar surface area (TPSA) is 68.3 Å². The molecule has 0 bridgehead atoms. The molecule has 1 aliphatic rings. The number of thioether (sulfide) groups is 1. The van der Waals surface area contributed by atoms with Crippen LogP contribution in [0.3, 0.4) is 0 Å². The number of hydrogen-bond donors (Lipinski definition) is 0. The molecule has 1 aromatic carbocycles. The van der Waals surface area contributed by atoms with Crippen molar-refractivity contribution in [1.29, 1.82) is 0 Å². The van der Waals surface area contributed by atoms with Crippen molar-refractivity contribution in [3.63, 3.8) is 0 Å². The maximum absolute atomic E-state index is 13.3. The zero-order chi connectivity index (χ0) is 22.1. The SMILES string of the molecule is CC1CC(C)CN(C(=O)C(C)Sc2nc3cc(Cl)ccc3c(=O)n2Cc2ccco2)C1. The second-order valence-corrected chi connectivity index (χ2v) is 10.2. The van der Waals surface area contributed by atoms with Crippen molar-refractivity contribution in [1.82, 2.24) is 14.5 Å². The molecular weight excluding hydrogens is 434 g/mol. The Labute approximate surface area is 190 Å². The minimum atomic E-state index is -0.371. The van der Waals surface area contributed by atoms with Crippen molar-refractivity contribution in [3.05, 3.63) is 57.7 Å². The first kappa shape index (κ1) is 22.0. The highest BCUT2D eigenvalue weighted by molar-refractivity contribution is 8.00. The van der Waals surface area contributed by atoms with Crippen LogP contribution in [0.2, 0.25) is 5.02 Å². The molecule has 1 saturated heterocycles. The molecule has 0 saturated carbocycles. The molecule has 6 nitrogen and oxygen atoms in total. The Morgan fingerprint density at radius 1 is 1.29 bits per heavy atom. The maximum atomic E-state index is 13.3. The fourth-order valence-electron chi connectivity index (χ4n) is 4.27. The molecule has 0 spiro atoms. The van der Waals surface area contributed by atoms with Gasteiger partial charge in [-0.1, -0.05) is 37.2 Å². The standard InChI is InChI=1S/C23H26ClN3O3S/c1-14-9-15(2)12-26(11-14)21(28)16(3)31-23-25-20-10-17(24)6-7-19(20)22(29)27(23)13-18-5-4-8-30-18/h4-8,10,14-16H,9,11-13H2,1-3H3. The van der Waals surface area contributed by atoms with E-state index in [4.69, 9.17) is 21.0 Å². The lowest BCUT2D eigenvalue weighted by Crippen LogP contribution is -2.45. The van der Waals surface area contributed by atoms with E-state index in [-0.39, 0.29) is 23.3 Å². The summed E-state index contributed by atoms with van der Waals surface area (Å²) in [4.78, 5) is 33.1. The van der Waals surface area contributed by atoms with Crippen LogP contribution in [-0.2, 0) is 11.3 Å². The van der Waals surface area contributed by atoms with Gasteiger partial charge in [-0.05, 0) is 55.5 Å². The van der Waals surface area contributed by atoms with Crippen molar-refractivity contribution in [2.75, 3.05) is 13.1 Å². The molecule has 0 radical (unpaired) electrons. The first-order valence-electron chi connectivity index (χ1n) is 10.5. The van der Waals surface area contributed by atoms with E-state index in [0.717, 1.165) is 19.5 Å². The van der Waals surface area contributed by atoms with Gasteiger partial charge in [-0.3, -0.25) is 14.2 Å². The molecule has 0 aliphatic carbocycles. The number of carbonyl (C=O) groups excluding carboxylic acids is 1.